The van der Waals surface area contributed by atoms with Gasteiger partial charge in [-0.15, -0.1) is 0 Å². The van der Waals surface area contributed by atoms with Gasteiger partial charge in [-0.1, -0.05) is 48.5 Å². The van der Waals surface area contributed by atoms with Gasteiger partial charge >= 0.3 is 5.97 Å². The van der Waals surface area contributed by atoms with Gasteiger partial charge in [0.25, 0.3) is 5.89 Å². The van der Waals surface area contributed by atoms with Crippen LogP contribution in [0.5, 0.6) is 5.75 Å². The van der Waals surface area contributed by atoms with E-state index in [4.69, 9.17) is 14.4 Å². The molecule has 0 amide bonds. The lowest BCUT2D eigenvalue weighted by molar-refractivity contribution is -0.136. The second-order valence-electron chi connectivity index (χ2n) is 5.89. The molecule has 0 aliphatic rings. The van der Waals surface area contributed by atoms with Crippen molar-refractivity contribution in [3.8, 4) is 17.1 Å². The van der Waals surface area contributed by atoms with Gasteiger partial charge in [0, 0.05) is 12.0 Å². The number of carboxylic acid groups (broad SMARTS) is 1. The number of aromatic nitrogens is 2. The Kier molecular flexibility index (Phi) is 5.63. The smallest absolute Gasteiger partial charge is 0.303 e. The Hall–Kier alpha value is -3.15. The van der Waals surface area contributed by atoms with Crippen molar-refractivity contribution in [2.24, 2.45) is 0 Å². The molecular weight excluding hydrogens is 332 g/mol. The molecule has 0 aliphatic heterocycles. The standard InChI is InChI=1S/C20H20N2O4/c1-2-14-3-8-16(9-4-14)20-21-18(26-22-20)13-25-17-10-5-15(6-11-17)7-12-19(23)24/h3-6,8-11H,2,7,12-13H2,1H3,(H,23,24). The highest BCUT2D eigenvalue weighted by Crippen LogP contribution is 2.18. The van der Waals surface area contributed by atoms with Gasteiger partial charge in [-0.3, -0.25) is 4.79 Å². The number of ether oxygens (including phenoxy) is 1. The maximum atomic E-state index is 10.6. The minimum absolute atomic E-state index is 0.115. The minimum atomic E-state index is -0.804. The van der Waals surface area contributed by atoms with Crippen LogP contribution in [0.4, 0.5) is 0 Å². The van der Waals surface area contributed by atoms with Crippen LogP contribution in [0.1, 0.15) is 30.4 Å². The van der Waals surface area contributed by atoms with Crippen molar-refractivity contribution >= 4 is 5.97 Å². The van der Waals surface area contributed by atoms with E-state index in [2.05, 4.69) is 17.1 Å². The van der Waals surface area contributed by atoms with E-state index < -0.39 is 5.97 Å². The number of nitrogens with zero attached hydrogens (tertiary/aromatic N) is 2. The van der Waals surface area contributed by atoms with Crippen LogP contribution < -0.4 is 4.74 Å². The molecule has 0 fully saturated rings. The summed E-state index contributed by atoms with van der Waals surface area (Å²) in [5.41, 5.74) is 3.11. The molecule has 0 saturated carbocycles. The molecule has 0 bridgehead atoms. The Morgan fingerprint density at radius 1 is 1.08 bits per heavy atom. The number of hydrogen-bond donors (Lipinski definition) is 1. The first-order chi connectivity index (χ1) is 12.6. The maximum Gasteiger partial charge on any atom is 0.303 e. The normalized spacial score (nSPS) is 10.7. The molecule has 2 aromatic carbocycles. The van der Waals surface area contributed by atoms with Crippen molar-refractivity contribution < 1.29 is 19.2 Å². The third-order valence-electron chi connectivity index (χ3n) is 4.00. The van der Waals surface area contributed by atoms with Gasteiger partial charge in [0.15, 0.2) is 6.61 Å². The van der Waals surface area contributed by atoms with E-state index in [1.54, 1.807) is 12.1 Å². The van der Waals surface area contributed by atoms with Crippen molar-refractivity contribution in [2.75, 3.05) is 0 Å². The lowest BCUT2D eigenvalue weighted by Crippen LogP contribution is -1.98. The van der Waals surface area contributed by atoms with E-state index in [1.807, 2.05) is 36.4 Å². The molecule has 134 valence electrons. The zero-order valence-electron chi connectivity index (χ0n) is 14.5. The summed E-state index contributed by atoms with van der Waals surface area (Å²) in [4.78, 5) is 14.9. The highest BCUT2D eigenvalue weighted by molar-refractivity contribution is 5.67. The van der Waals surface area contributed by atoms with Crippen molar-refractivity contribution in [3.05, 3.63) is 65.5 Å². The molecule has 0 unspecified atom stereocenters. The molecule has 3 rings (SSSR count). The second-order valence-corrected chi connectivity index (χ2v) is 5.89. The molecule has 0 radical (unpaired) electrons. The van der Waals surface area contributed by atoms with E-state index in [9.17, 15) is 4.79 Å². The summed E-state index contributed by atoms with van der Waals surface area (Å²) >= 11 is 0. The molecule has 1 heterocycles. The first-order valence-electron chi connectivity index (χ1n) is 8.49. The van der Waals surface area contributed by atoms with E-state index in [0.29, 0.717) is 23.9 Å². The lowest BCUT2D eigenvalue weighted by atomic mass is 10.1. The monoisotopic (exact) mass is 352 g/mol. The van der Waals surface area contributed by atoms with Crippen LogP contribution in [0.25, 0.3) is 11.4 Å². The van der Waals surface area contributed by atoms with Gasteiger partial charge in [0.05, 0.1) is 0 Å². The molecule has 6 nitrogen and oxygen atoms in total. The van der Waals surface area contributed by atoms with Gasteiger partial charge in [-0.05, 0) is 36.1 Å². The summed E-state index contributed by atoms with van der Waals surface area (Å²) in [6.07, 6.45) is 1.60. The fourth-order valence-electron chi connectivity index (χ4n) is 2.47. The van der Waals surface area contributed by atoms with Crippen LogP contribution in [-0.4, -0.2) is 21.2 Å². The van der Waals surface area contributed by atoms with E-state index >= 15 is 0 Å². The molecule has 1 aromatic heterocycles. The summed E-state index contributed by atoms with van der Waals surface area (Å²) in [6, 6.07) is 15.4. The number of carbonyl (C=O) groups is 1. The number of benzene rings is 2. The third kappa shape index (κ3) is 4.69. The van der Waals surface area contributed by atoms with Crippen molar-refractivity contribution in [1.82, 2.24) is 10.1 Å². The van der Waals surface area contributed by atoms with Crippen LogP contribution in [0.15, 0.2) is 53.1 Å². The van der Waals surface area contributed by atoms with E-state index in [-0.39, 0.29) is 13.0 Å². The average Bonchev–Trinajstić information content (AvgIpc) is 3.14. The van der Waals surface area contributed by atoms with Crippen LogP contribution in [-0.2, 0) is 24.2 Å². The molecule has 0 atom stereocenters. The Morgan fingerprint density at radius 3 is 2.42 bits per heavy atom. The van der Waals surface area contributed by atoms with Crippen LogP contribution in [0.3, 0.4) is 0 Å². The number of hydrogen-bond acceptors (Lipinski definition) is 5. The van der Waals surface area contributed by atoms with Crippen LogP contribution >= 0.6 is 0 Å². The van der Waals surface area contributed by atoms with Gasteiger partial charge < -0.3 is 14.4 Å². The first-order valence-corrected chi connectivity index (χ1v) is 8.49. The van der Waals surface area contributed by atoms with Gasteiger partial charge in [-0.2, -0.15) is 4.98 Å². The zero-order chi connectivity index (χ0) is 18.4. The fourth-order valence-corrected chi connectivity index (χ4v) is 2.47. The minimum Gasteiger partial charge on any atom is -0.484 e. The Labute approximate surface area is 151 Å². The molecular formula is C20H20N2O4. The Balaban J connectivity index is 1.56. The zero-order valence-corrected chi connectivity index (χ0v) is 14.5. The van der Waals surface area contributed by atoms with Crippen molar-refractivity contribution in [2.45, 2.75) is 32.8 Å². The van der Waals surface area contributed by atoms with Gasteiger partial charge in [-0.25, -0.2) is 0 Å². The second kappa shape index (κ2) is 8.29. The SMILES string of the molecule is CCc1ccc(-c2noc(COc3ccc(CCC(=O)O)cc3)n2)cc1. The molecule has 0 aliphatic carbocycles. The maximum absolute atomic E-state index is 10.6. The predicted octanol–water partition coefficient (Wildman–Crippen LogP) is 3.90. The first kappa shape index (κ1) is 17.7. The van der Waals surface area contributed by atoms with E-state index in [1.165, 1.54) is 5.56 Å². The number of carboxylic acids is 1. The highest BCUT2D eigenvalue weighted by Gasteiger charge is 2.09. The number of aliphatic carboxylic acids is 1. The summed E-state index contributed by atoms with van der Waals surface area (Å²) in [5.74, 6) is 0.794. The summed E-state index contributed by atoms with van der Waals surface area (Å²) in [5, 5.41) is 12.7. The summed E-state index contributed by atoms with van der Waals surface area (Å²) in [6.45, 7) is 2.28. The largest absolute Gasteiger partial charge is 0.484 e. The van der Waals surface area contributed by atoms with Crippen LogP contribution in [0.2, 0.25) is 0 Å². The summed E-state index contributed by atoms with van der Waals surface area (Å²) < 4.78 is 10.9. The predicted molar refractivity (Wildman–Crippen MR) is 95.8 cm³/mol. The van der Waals surface area contributed by atoms with Crippen molar-refractivity contribution in [1.29, 1.82) is 0 Å². The van der Waals surface area contributed by atoms with E-state index in [0.717, 1.165) is 17.5 Å². The average molecular weight is 352 g/mol. The molecule has 6 heteroatoms. The Morgan fingerprint density at radius 2 is 1.77 bits per heavy atom. The molecule has 0 saturated heterocycles. The van der Waals surface area contributed by atoms with Gasteiger partial charge in [0.2, 0.25) is 5.82 Å². The molecule has 0 spiro atoms. The molecule has 1 N–H and O–H groups in total. The number of rotatable bonds is 8. The van der Waals surface area contributed by atoms with Crippen molar-refractivity contribution in [3.63, 3.8) is 0 Å². The fraction of sp³-hybridized carbons (Fsp3) is 0.250. The topological polar surface area (TPSA) is 85.5 Å². The third-order valence-corrected chi connectivity index (χ3v) is 4.00. The summed E-state index contributed by atoms with van der Waals surface area (Å²) in [7, 11) is 0. The Bertz CT molecular complexity index is 854. The molecule has 3 aromatic rings. The lowest BCUT2D eigenvalue weighted by Gasteiger charge is -2.04. The quantitative estimate of drug-likeness (QED) is 0.662. The number of aryl methyl sites for hydroxylation is 2. The van der Waals surface area contributed by atoms with Crippen LogP contribution in [0, 0.1) is 0 Å². The highest BCUT2D eigenvalue weighted by atomic mass is 16.5. The van der Waals surface area contributed by atoms with Gasteiger partial charge in [0.1, 0.15) is 5.75 Å². The molecule has 26 heavy (non-hydrogen) atoms.